The zero-order valence-corrected chi connectivity index (χ0v) is 7.52. The second kappa shape index (κ2) is 3.08. The predicted molar refractivity (Wildman–Crippen MR) is 49.7 cm³/mol. The smallest absolute Gasteiger partial charge is 0.0216 e. The molecule has 0 heteroatoms. The summed E-state index contributed by atoms with van der Waals surface area (Å²) in [6.07, 6.45) is 0. The number of hydrogen-bond donors (Lipinski definition) is 0. The van der Waals surface area contributed by atoms with E-state index in [4.69, 9.17) is 0 Å². The molecule has 0 aliphatic carbocycles. The molecular weight excluding hydrogens is 132 g/mol. The summed E-state index contributed by atoms with van der Waals surface area (Å²) in [5, 5.41) is 0. The van der Waals surface area contributed by atoms with Crippen LogP contribution in [0.3, 0.4) is 0 Å². The number of hydrogen-bond acceptors (Lipinski definition) is 0. The quantitative estimate of drug-likeness (QED) is 0.571. The third-order valence-corrected chi connectivity index (χ3v) is 2.11. The molecular formula is C11H15. The SMILES string of the molecule is [CH2]c1cccc(C(C)C)c1C. The Bertz CT molecular complexity index is 246. The Balaban J connectivity index is 3.17. The van der Waals surface area contributed by atoms with Gasteiger partial charge in [0, 0.05) is 0 Å². The lowest BCUT2D eigenvalue weighted by atomic mass is 9.95. The first-order chi connectivity index (χ1) is 5.13. The van der Waals surface area contributed by atoms with Gasteiger partial charge in [-0.15, -0.1) is 0 Å². The second-order valence-corrected chi connectivity index (χ2v) is 3.29. The van der Waals surface area contributed by atoms with Crippen LogP contribution in [0.2, 0.25) is 0 Å². The summed E-state index contributed by atoms with van der Waals surface area (Å²) in [6, 6.07) is 6.31. The Morgan fingerprint density at radius 3 is 2.36 bits per heavy atom. The van der Waals surface area contributed by atoms with Crippen LogP contribution in [0.1, 0.15) is 36.5 Å². The van der Waals surface area contributed by atoms with Crippen LogP contribution in [0.25, 0.3) is 0 Å². The summed E-state index contributed by atoms with van der Waals surface area (Å²) in [6.45, 7) is 10.5. The van der Waals surface area contributed by atoms with Gasteiger partial charge in [-0.3, -0.25) is 0 Å². The third-order valence-electron chi connectivity index (χ3n) is 2.11. The first-order valence-corrected chi connectivity index (χ1v) is 4.04. The van der Waals surface area contributed by atoms with E-state index in [1.54, 1.807) is 0 Å². The van der Waals surface area contributed by atoms with E-state index in [0.717, 1.165) is 5.56 Å². The molecule has 1 rings (SSSR count). The molecule has 0 aromatic heterocycles. The van der Waals surface area contributed by atoms with Crippen molar-refractivity contribution in [3.8, 4) is 0 Å². The van der Waals surface area contributed by atoms with Crippen LogP contribution < -0.4 is 0 Å². The molecule has 0 aliphatic heterocycles. The van der Waals surface area contributed by atoms with Crippen LogP contribution in [0.15, 0.2) is 18.2 Å². The van der Waals surface area contributed by atoms with E-state index in [-0.39, 0.29) is 0 Å². The first-order valence-electron chi connectivity index (χ1n) is 4.04. The molecule has 0 aliphatic rings. The summed E-state index contributed by atoms with van der Waals surface area (Å²) in [5.74, 6) is 0.608. The van der Waals surface area contributed by atoms with Gasteiger partial charge in [-0.05, 0) is 36.5 Å². The highest BCUT2D eigenvalue weighted by Crippen LogP contribution is 2.20. The Labute approximate surface area is 69.3 Å². The number of rotatable bonds is 1. The summed E-state index contributed by atoms with van der Waals surface area (Å²) in [4.78, 5) is 0. The van der Waals surface area contributed by atoms with Gasteiger partial charge in [0.25, 0.3) is 0 Å². The van der Waals surface area contributed by atoms with Crippen molar-refractivity contribution < 1.29 is 0 Å². The molecule has 11 heavy (non-hydrogen) atoms. The third kappa shape index (κ3) is 1.62. The number of benzene rings is 1. The Hall–Kier alpha value is -0.780. The summed E-state index contributed by atoms with van der Waals surface area (Å²) in [7, 11) is 0. The van der Waals surface area contributed by atoms with Crippen molar-refractivity contribution in [1.29, 1.82) is 0 Å². The molecule has 0 fully saturated rings. The van der Waals surface area contributed by atoms with Gasteiger partial charge in [-0.2, -0.15) is 0 Å². The van der Waals surface area contributed by atoms with Gasteiger partial charge in [-0.25, -0.2) is 0 Å². The van der Waals surface area contributed by atoms with Gasteiger partial charge in [0.05, 0.1) is 0 Å². The molecule has 1 aromatic rings. The molecule has 0 N–H and O–H groups in total. The van der Waals surface area contributed by atoms with Gasteiger partial charge in [-0.1, -0.05) is 32.0 Å². The fourth-order valence-corrected chi connectivity index (χ4v) is 1.33. The Morgan fingerprint density at radius 2 is 1.91 bits per heavy atom. The molecule has 0 saturated carbocycles. The van der Waals surface area contributed by atoms with Gasteiger partial charge >= 0.3 is 0 Å². The highest BCUT2D eigenvalue weighted by molar-refractivity contribution is 5.37. The largest absolute Gasteiger partial charge is 0.0617 e. The lowest BCUT2D eigenvalue weighted by Gasteiger charge is -2.10. The van der Waals surface area contributed by atoms with Crippen molar-refractivity contribution in [2.24, 2.45) is 0 Å². The average molecular weight is 147 g/mol. The lowest BCUT2D eigenvalue weighted by Crippen LogP contribution is -1.93. The van der Waals surface area contributed by atoms with Crippen LogP contribution in [-0.2, 0) is 0 Å². The highest BCUT2D eigenvalue weighted by Gasteiger charge is 2.03. The summed E-state index contributed by atoms with van der Waals surface area (Å²) < 4.78 is 0. The van der Waals surface area contributed by atoms with Gasteiger partial charge in [0.15, 0.2) is 0 Å². The molecule has 59 valence electrons. The average Bonchev–Trinajstić information content (AvgIpc) is 1.94. The van der Waals surface area contributed by atoms with Crippen molar-refractivity contribution in [3.05, 3.63) is 41.8 Å². The minimum absolute atomic E-state index is 0.608. The van der Waals surface area contributed by atoms with Gasteiger partial charge in [0.2, 0.25) is 0 Å². The lowest BCUT2D eigenvalue weighted by molar-refractivity contribution is 0.855. The van der Waals surface area contributed by atoms with Crippen molar-refractivity contribution in [1.82, 2.24) is 0 Å². The molecule has 0 atom stereocenters. The van der Waals surface area contributed by atoms with E-state index in [2.05, 4.69) is 45.9 Å². The topological polar surface area (TPSA) is 0 Å². The van der Waals surface area contributed by atoms with E-state index in [1.807, 2.05) is 0 Å². The standard InChI is InChI=1S/C11H15/c1-8(2)11-7-5-6-9(3)10(11)4/h5-8H,3H2,1-2,4H3. The van der Waals surface area contributed by atoms with Crippen molar-refractivity contribution in [2.75, 3.05) is 0 Å². The minimum Gasteiger partial charge on any atom is -0.0617 e. The fraction of sp³-hybridized carbons (Fsp3) is 0.364. The maximum absolute atomic E-state index is 3.96. The van der Waals surface area contributed by atoms with E-state index in [0.29, 0.717) is 5.92 Å². The summed E-state index contributed by atoms with van der Waals surface area (Å²) >= 11 is 0. The van der Waals surface area contributed by atoms with Crippen LogP contribution in [0.5, 0.6) is 0 Å². The Morgan fingerprint density at radius 1 is 1.27 bits per heavy atom. The molecule has 0 saturated heterocycles. The normalized spacial score (nSPS) is 10.6. The molecule has 0 bridgehead atoms. The highest BCUT2D eigenvalue weighted by atomic mass is 14.1. The van der Waals surface area contributed by atoms with Gasteiger partial charge in [0.1, 0.15) is 0 Å². The molecule has 0 unspecified atom stereocenters. The predicted octanol–water partition coefficient (Wildman–Crippen LogP) is 3.30. The van der Waals surface area contributed by atoms with E-state index in [9.17, 15) is 0 Å². The van der Waals surface area contributed by atoms with Crippen LogP contribution in [0.4, 0.5) is 0 Å². The second-order valence-electron chi connectivity index (χ2n) is 3.29. The minimum atomic E-state index is 0.608. The molecule has 1 aromatic carbocycles. The molecule has 0 spiro atoms. The molecule has 1 radical (unpaired) electrons. The zero-order chi connectivity index (χ0) is 8.43. The first kappa shape index (κ1) is 8.32. The van der Waals surface area contributed by atoms with E-state index < -0.39 is 0 Å². The molecule has 0 nitrogen and oxygen atoms in total. The fourth-order valence-electron chi connectivity index (χ4n) is 1.33. The van der Waals surface area contributed by atoms with Crippen LogP contribution in [0, 0.1) is 13.8 Å². The maximum Gasteiger partial charge on any atom is -0.0216 e. The maximum atomic E-state index is 3.96. The van der Waals surface area contributed by atoms with Crippen molar-refractivity contribution in [3.63, 3.8) is 0 Å². The van der Waals surface area contributed by atoms with E-state index >= 15 is 0 Å². The van der Waals surface area contributed by atoms with Crippen molar-refractivity contribution >= 4 is 0 Å². The van der Waals surface area contributed by atoms with Crippen molar-refractivity contribution in [2.45, 2.75) is 26.7 Å². The van der Waals surface area contributed by atoms with Crippen LogP contribution >= 0.6 is 0 Å². The van der Waals surface area contributed by atoms with E-state index in [1.165, 1.54) is 11.1 Å². The molecule has 0 amide bonds. The monoisotopic (exact) mass is 147 g/mol. The molecule has 0 heterocycles. The zero-order valence-electron chi connectivity index (χ0n) is 7.52. The summed E-state index contributed by atoms with van der Waals surface area (Å²) in [5.41, 5.74) is 3.90. The Kier molecular flexibility index (Phi) is 2.33. The van der Waals surface area contributed by atoms with Crippen LogP contribution in [-0.4, -0.2) is 0 Å². The van der Waals surface area contributed by atoms with Gasteiger partial charge < -0.3 is 0 Å².